The maximum Gasteiger partial charge on any atom is 0.255 e. The number of aromatic amines is 1. The fourth-order valence-corrected chi connectivity index (χ4v) is 4.08. The molecule has 0 fully saturated rings. The van der Waals surface area contributed by atoms with Gasteiger partial charge in [-0.15, -0.1) is 0 Å². The zero-order valence-corrected chi connectivity index (χ0v) is 15.1. The monoisotopic (exact) mass is 384 g/mol. The van der Waals surface area contributed by atoms with Crippen LogP contribution in [0.25, 0.3) is 0 Å². The number of carbonyl (C=O) groups is 1. The Hall–Kier alpha value is -3.27. The van der Waals surface area contributed by atoms with E-state index in [0.29, 0.717) is 28.3 Å². The Bertz CT molecular complexity index is 1080. The number of sulfonamides is 1. The van der Waals surface area contributed by atoms with Gasteiger partial charge in [0.2, 0.25) is 10.0 Å². The predicted octanol–water partition coefficient (Wildman–Crippen LogP) is 1.36. The SMILES string of the molecule is CS(=O)(=O)N1C[C@H](c2ncn[nH]2)c2cc(C(=O)Nc3cccnc3)ccc21. The van der Waals surface area contributed by atoms with Gasteiger partial charge in [0.1, 0.15) is 12.2 Å². The first-order chi connectivity index (χ1) is 12.9. The predicted molar refractivity (Wildman–Crippen MR) is 99.0 cm³/mol. The van der Waals surface area contributed by atoms with Crippen molar-refractivity contribution in [1.82, 2.24) is 20.2 Å². The molecule has 27 heavy (non-hydrogen) atoms. The zero-order chi connectivity index (χ0) is 19.0. The lowest BCUT2D eigenvalue weighted by Gasteiger charge is -2.16. The molecule has 0 bridgehead atoms. The molecule has 3 heterocycles. The summed E-state index contributed by atoms with van der Waals surface area (Å²) in [6.45, 7) is 0.205. The highest BCUT2D eigenvalue weighted by atomic mass is 32.2. The minimum atomic E-state index is -3.46. The van der Waals surface area contributed by atoms with Gasteiger partial charge in [0.15, 0.2) is 0 Å². The standard InChI is InChI=1S/C17H16N6O3S/c1-27(25,26)23-9-14(16-19-10-20-22-16)13-7-11(4-5-15(13)23)17(24)21-12-3-2-6-18-8-12/h2-8,10,14H,9H2,1H3,(H,21,24)(H,19,20,22)/t14-/m0/s1. The van der Waals surface area contributed by atoms with Gasteiger partial charge < -0.3 is 5.32 Å². The Morgan fingerprint density at radius 1 is 1.33 bits per heavy atom. The molecule has 138 valence electrons. The Labute approximate surface area is 155 Å². The van der Waals surface area contributed by atoms with E-state index in [0.717, 1.165) is 6.26 Å². The number of benzene rings is 1. The number of carbonyl (C=O) groups excluding carboxylic acids is 1. The smallest absolute Gasteiger partial charge is 0.255 e. The van der Waals surface area contributed by atoms with Crippen LogP contribution in [0.4, 0.5) is 11.4 Å². The van der Waals surface area contributed by atoms with Crippen molar-refractivity contribution in [3.63, 3.8) is 0 Å². The van der Waals surface area contributed by atoms with E-state index >= 15 is 0 Å². The first-order valence-corrected chi connectivity index (χ1v) is 9.96. The van der Waals surface area contributed by atoms with E-state index in [1.165, 1.54) is 10.6 Å². The Morgan fingerprint density at radius 2 is 2.19 bits per heavy atom. The van der Waals surface area contributed by atoms with Crippen LogP contribution in [0.1, 0.15) is 27.7 Å². The highest BCUT2D eigenvalue weighted by Gasteiger charge is 2.36. The highest BCUT2D eigenvalue weighted by Crippen LogP contribution is 2.40. The first-order valence-electron chi connectivity index (χ1n) is 8.12. The van der Waals surface area contributed by atoms with Crippen molar-refractivity contribution >= 4 is 27.3 Å². The largest absolute Gasteiger partial charge is 0.321 e. The van der Waals surface area contributed by atoms with Crippen LogP contribution in [-0.2, 0) is 10.0 Å². The van der Waals surface area contributed by atoms with Crippen molar-refractivity contribution in [2.45, 2.75) is 5.92 Å². The number of hydrogen-bond donors (Lipinski definition) is 2. The summed E-state index contributed by atoms with van der Waals surface area (Å²) in [7, 11) is -3.46. The third kappa shape index (κ3) is 3.26. The molecule has 2 aromatic heterocycles. The molecule has 4 rings (SSSR count). The summed E-state index contributed by atoms with van der Waals surface area (Å²) >= 11 is 0. The van der Waals surface area contributed by atoms with Crippen molar-refractivity contribution in [2.24, 2.45) is 0 Å². The Morgan fingerprint density at radius 3 is 2.85 bits per heavy atom. The molecule has 1 aliphatic rings. The molecule has 0 saturated heterocycles. The van der Waals surface area contributed by atoms with Gasteiger partial charge in [0, 0.05) is 18.3 Å². The van der Waals surface area contributed by atoms with Crippen molar-refractivity contribution < 1.29 is 13.2 Å². The lowest BCUT2D eigenvalue weighted by molar-refractivity contribution is 0.102. The van der Waals surface area contributed by atoms with Crippen LogP contribution in [0.3, 0.4) is 0 Å². The second-order valence-electron chi connectivity index (χ2n) is 6.19. The first kappa shape index (κ1) is 17.2. The number of anilines is 2. The molecule has 1 atom stereocenters. The molecule has 0 saturated carbocycles. The lowest BCUT2D eigenvalue weighted by atomic mass is 9.98. The summed E-state index contributed by atoms with van der Waals surface area (Å²) in [4.78, 5) is 20.7. The molecule has 0 unspecified atom stereocenters. The van der Waals surface area contributed by atoms with E-state index in [2.05, 4.69) is 25.5 Å². The number of nitrogens with zero attached hydrogens (tertiary/aromatic N) is 4. The number of fused-ring (bicyclic) bond motifs is 1. The molecule has 3 aromatic rings. The highest BCUT2D eigenvalue weighted by molar-refractivity contribution is 7.92. The van der Waals surface area contributed by atoms with Crippen LogP contribution in [-0.4, -0.2) is 47.3 Å². The van der Waals surface area contributed by atoms with Gasteiger partial charge in [-0.1, -0.05) is 0 Å². The summed E-state index contributed by atoms with van der Waals surface area (Å²) in [6, 6.07) is 8.40. The van der Waals surface area contributed by atoms with Crippen LogP contribution in [0.15, 0.2) is 49.1 Å². The molecular weight excluding hydrogens is 368 g/mol. The Balaban J connectivity index is 1.72. The number of aromatic nitrogens is 4. The molecule has 1 aliphatic heterocycles. The van der Waals surface area contributed by atoms with Gasteiger partial charge in [0.25, 0.3) is 5.91 Å². The van der Waals surface area contributed by atoms with Crippen LogP contribution in [0.2, 0.25) is 0 Å². The van der Waals surface area contributed by atoms with E-state index in [9.17, 15) is 13.2 Å². The molecule has 0 radical (unpaired) electrons. The second-order valence-corrected chi connectivity index (χ2v) is 8.09. The van der Waals surface area contributed by atoms with Crippen LogP contribution < -0.4 is 9.62 Å². The van der Waals surface area contributed by atoms with Crippen molar-refractivity contribution in [1.29, 1.82) is 0 Å². The molecular formula is C17H16N6O3S. The summed E-state index contributed by atoms with van der Waals surface area (Å²) in [5.41, 5.74) is 2.23. The van der Waals surface area contributed by atoms with Crippen molar-refractivity contribution in [2.75, 3.05) is 22.4 Å². The average Bonchev–Trinajstić information content (AvgIpc) is 3.29. The van der Waals surface area contributed by atoms with E-state index in [1.807, 2.05) is 0 Å². The normalized spacial score (nSPS) is 16.2. The molecule has 9 nitrogen and oxygen atoms in total. The molecule has 0 spiro atoms. The topological polar surface area (TPSA) is 121 Å². The summed E-state index contributed by atoms with van der Waals surface area (Å²) in [5.74, 6) is -0.0875. The van der Waals surface area contributed by atoms with Gasteiger partial charge in [-0.25, -0.2) is 13.4 Å². The maximum atomic E-state index is 12.6. The fraction of sp³-hybridized carbons (Fsp3) is 0.176. The van der Waals surface area contributed by atoms with Gasteiger partial charge >= 0.3 is 0 Å². The minimum absolute atomic E-state index is 0.205. The van der Waals surface area contributed by atoms with Crippen LogP contribution in [0.5, 0.6) is 0 Å². The molecule has 10 heteroatoms. The molecule has 2 N–H and O–H groups in total. The van der Waals surface area contributed by atoms with E-state index in [4.69, 9.17) is 0 Å². The van der Waals surface area contributed by atoms with E-state index in [1.54, 1.807) is 42.7 Å². The van der Waals surface area contributed by atoms with Crippen LogP contribution >= 0.6 is 0 Å². The summed E-state index contributed by atoms with van der Waals surface area (Å²) in [5, 5.41) is 9.41. The number of nitrogens with one attached hydrogen (secondary N) is 2. The number of amides is 1. The molecule has 0 aliphatic carbocycles. The molecule has 1 aromatic carbocycles. The van der Waals surface area contributed by atoms with Crippen molar-refractivity contribution in [3.05, 3.63) is 66.0 Å². The van der Waals surface area contributed by atoms with E-state index in [-0.39, 0.29) is 18.4 Å². The number of pyridine rings is 1. The maximum absolute atomic E-state index is 12.6. The number of rotatable bonds is 4. The third-order valence-electron chi connectivity index (χ3n) is 4.37. The van der Waals surface area contributed by atoms with Gasteiger partial charge in [-0.2, -0.15) is 5.10 Å². The van der Waals surface area contributed by atoms with Crippen LogP contribution in [0, 0.1) is 0 Å². The third-order valence-corrected chi connectivity index (χ3v) is 5.51. The van der Waals surface area contributed by atoms with E-state index < -0.39 is 10.0 Å². The number of H-pyrrole nitrogens is 1. The summed E-state index contributed by atoms with van der Waals surface area (Å²) < 4.78 is 25.6. The second kappa shape index (κ2) is 6.47. The Kier molecular flexibility index (Phi) is 4.11. The minimum Gasteiger partial charge on any atom is -0.321 e. The van der Waals surface area contributed by atoms with Crippen molar-refractivity contribution in [3.8, 4) is 0 Å². The van der Waals surface area contributed by atoms with Gasteiger partial charge in [0.05, 0.1) is 29.7 Å². The number of hydrogen-bond acceptors (Lipinski definition) is 6. The lowest BCUT2D eigenvalue weighted by Crippen LogP contribution is -2.29. The summed E-state index contributed by atoms with van der Waals surface area (Å²) in [6.07, 6.45) is 5.69. The zero-order valence-electron chi connectivity index (χ0n) is 14.3. The van der Waals surface area contributed by atoms with Gasteiger partial charge in [-0.05, 0) is 35.9 Å². The quantitative estimate of drug-likeness (QED) is 0.701. The fourth-order valence-electron chi connectivity index (χ4n) is 3.14. The molecule has 1 amide bonds. The average molecular weight is 384 g/mol. The van der Waals surface area contributed by atoms with Gasteiger partial charge in [-0.3, -0.25) is 19.2 Å².